The molecule has 1 fully saturated rings. The van der Waals surface area contributed by atoms with Crippen LogP contribution in [0.2, 0.25) is 0 Å². The van der Waals surface area contributed by atoms with Crippen LogP contribution in [0.25, 0.3) is 0 Å². The Hall–Kier alpha value is -0.530. The van der Waals surface area contributed by atoms with E-state index in [1.807, 2.05) is 0 Å². The third-order valence-electron chi connectivity index (χ3n) is 3.08. The van der Waals surface area contributed by atoms with Gasteiger partial charge in [0.25, 0.3) is 0 Å². The molecular formula is C9H15NO. The number of hydrogen-bond acceptors (Lipinski definition) is 2. The molecule has 0 N–H and O–H groups in total. The Morgan fingerprint density at radius 1 is 1.55 bits per heavy atom. The van der Waals surface area contributed by atoms with Crippen molar-refractivity contribution in [3.63, 3.8) is 0 Å². The van der Waals surface area contributed by atoms with Gasteiger partial charge in [-0.3, -0.25) is 0 Å². The predicted octanol–water partition coefficient (Wildman–Crippen LogP) is 2.20. The molecule has 0 aromatic rings. The minimum atomic E-state index is 0.339. The average Bonchev–Trinajstić information content (AvgIpc) is 2.39. The molecule has 11 heavy (non-hydrogen) atoms. The summed E-state index contributed by atoms with van der Waals surface area (Å²) in [5.41, 5.74) is 1.53. The van der Waals surface area contributed by atoms with E-state index in [2.05, 4.69) is 25.9 Å². The summed E-state index contributed by atoms with van der Waals surface area (Å²) in [7, 11) is 0. The molecule has 0 spiro atoms. The van der Waals surface area contributed by atoms with Gasteiger partial charge in [0.05, 0.1) is 5.71 Å². The number of hydrogen-bond donors (Lipinski definition) is 0. The highest BCUT2D eigenvalue weighted by molar-refractivity contribution is 5.86. The molecule has 2 heteroatoms. The SMILES string of the molecule is CC1=NOC2C1CCC2(C)C. The fourth-order valence-electron chi connectivity index (χ4n) is 2.22. The third kappa shape index (κ3) is 0.883. The first-order valence-corrected chi connectivity index (χ1v) is 4.31. The van der Waals surface area contributed by atoms with Crippen molar-refractivity contribution in [2.45, 2.75) is 39.7 Å². The number of fused-ring (bicyclic) bond motifs is 1. The highest BCUT2D eigenvalue weighted by Crippen LogP contribution is 2.46. The van der Waals surface area contributed by atoms with E-state index in [0.717, 1.165) is 0 Å². The number of nitrogens with zero attached hydrogens (tertiary/aromatic N) is 1. The first kappa shape index (κ1) is 7.14. The summed E-state index contributed by atoms with van der Waals surface area (Å²) in [6.45, 7) is 6.61. The van der Waals surface area contributed by atoms with Gasteiger partial charge in [-0.25, -0.2) is 0 Å². The van der Waals surface area contributed by atoms with Gasteiger partial charge < -0.3 is 4.84 Å². The first-order valence-electron chi connectivity index (χ1n) is 4.31. The molecule has 1 saturated carbocycles. The smallest absolute Gasteiger partial charge is 0.140 e. The molecule has 1 heterocycles. The van der Waals surface area contributed by atoms with Crippen LogP contribution >= 0.6 is 0 Å². The Balaban J connectivity index is 2.22. The van der Waals surface area contributed by atoms with Crippen LogP contribution in [0.1, 0.15) is 33.6 Å². The molecule has 0 amide bonds. The minimum Gasteiger partial charge on any atom is -0.391 e. The van der Waals surface area contributed by atoms with Gasteiger partial charge in [-0.1, -0.05) is 19.0 Å². The van der Waals surface area contributed by atoms with Crippen LogP contribution in [0.5, 0.6) is 0 Å². The van der Waals surface area contributed by atoms with Crippen molar-refractivity contribution in [3.05, 3.63) is 0 Å². The van der Waals surface area contributed by atoms with E-state index < -0.39 is 0 Å². The standard InChI is InChI=1S/C9H15NO/c1-6-7-4-5-9(2,3)8(7)11-10-6/h7-8H,4-5H2,1-3H3. The first-order chi connectivity index (χ1) is 5.11. The summed E-state index contributed by atoms with van der Waals surface area (Å²) in [5, 5.41) is 4.03. The van der Waals surface area contributed by atoms with Gasteiger partial charge in [0.15, 0.2) is 0 Å². The maximum absolute atomic E-state index is 5.39. The Morgan fingerprint density at radius 3 is 2.91 bits per heavy atom. The highest BCUT2D eigenvalue weighted by Gasteiger charge is 2.48. The van der Waals surface area contributed by atoms with E-state index in [-0.39, 0.29) is 0 Å². The fourth-order valence-corrected chi connectivity index (χ4v) is 2.22. The maximum atomic E-state index is 5.39. The Bertz CT molecular complexity index is 208. The summed E-state index contributed by atoms with van der Waals surface area (Å²) in [6, 6.07) is 0. The van der Waals surface area contributed by atoms with Crippen molar-refractivity contribution in [1.29, 1.82) is 0 Å². The lowest BCUT2D eigenvalue weighted by atomic mass is 9.87. The monoisotopic (exact) mass is 153 g/mol. The van der Waals surface area contributed by atoms with E-state index in [9.17, 15) is 0 Å². The van der Waals surface area contributed by atoms with Gasteiger partial charge >= 0.3 is 0 Å². The molecule has 0 radical (unpaired) electrons. The van der Waals surface area contributed by atoms with Crippen molar-refractivity contribution in [2.75, 3.05) is 0 Å². The number of oxime groups is 1. The Labute approximate surface area is 67.6 Å². The van der Waals surface area contributed by atoms with Crippen LogP contribution in [0.15, 0.2) is 5.16 Å². The van der Waals surface area contributed by atoms with Gasteiger partial charge in [0.1, 0.15) is 6.10 Å². The highest BCUT2D eigenvalue weighted by atomic mass is 16.6. The molecular weight excluding hydrogens is 138 g/mol. The topological polar surface area (TPSA) is 21.6 Å². The summed E-state index contributed by atoms with van der Waals surface area (Å²) in [4.78, 5) is 5.39. The summed E-state index contributed by atoms with van der Waals surface area (Å²) >= 11 is 0. The zero-order chi connectivity index (χ0) is 8.06. The zero-order valence-corrected chi connectivity index (χ0v) is 7.42. The van der Waals surface area contributed by atoms with E-state index in [1.54, 1.807) is 0 Å². The van der Waals surface area contributed by atoms with Crippen LogP contribution in [-0.2, 0) is 4.84 Å². The van der Waals surface area contributed by atoms with E-state index >= 15 is 0 Å². The molecule has 2 rings (SSSR count). The molecule has 1 aliphatic carbocycles. The zero-order valence-electron chi connectivity index (χ0n) is 7.42. The molecule has 0 bridgehead atoms. The lowest BCUT2D eigenvalue weighted by Gasteiger charge is -2.23. The fraction of sp³-hybridized carbons (Fsp3) is 0.889. The molecule has 1 aliphatic heterocycles. The molecule has 62 valence electrons. The molecule has 0 aromatic carbocycles. The molecule has 2 atom stereocenters. The van der Waals surface area contributed by atoms with Crippen LogP contribution < -0.4 is 0 Å². The quantitative estimate of drug-likeness (QED) is 0.522. The maximum Gasteiger partial charge on any atom is 0.140 e. The number of rotatable bonds is 0. The summed E-state index contributed by atoms with van der Waals surface area (Å²) in [5.74, 6) is 0.616. The van der Waals surface area contributed by atoms with Gasteiger partial charge in [0, 0.05) is 11.3 Å². The van der Waals surface area contributed by atoms with Gasteiger partial charge in [-0.2, -0.15) is 0 Å². The second kappa shape index (κ2) is 1.99. The normalized spacial score (nSPS) is 39.7. The lowest BCUT2D eigenvalue weighted by molar-refractivity contribution is 0.00499. The van der Waals surface area contributed by atoms with Crippen molar-refractivity contribution in [1.82, 2.24) is 0 Å². The minimum absolute atomic E-state index is 0.339. The predicted molar refractivity (Wildman–Crippen MR) is 44.5 cm³/mol. The van der Waals surface area contributed by atoms with Crippen molar-refractivity contribution >= 4 is 5.71 Å². The van der Waals surface area contributed by atoms with Gasteiger partial charge in [-0.15, -0.1) is 0 Å². The molecule has 0 aromatic heterocycles. The van der Waals surface area contributed by atoms with E-state index in [4.69, 9.17) is 4.84 Å². The summed E-state index contributed by atoms with van der Waals surface area (Å²) in [6.07, 6.45) is 2.89. The van der Waals surface area contributed by atoms with Crippen LogP contribution in [0, 0.1) is 11.3 Å². The van der Waals surface area contributed by atoms with Crippen LogP contribution in [0.4, 0.5) is 0 Å². The van der Waals surface area contributed by atoms with E-state index in [0.29, 0.717) is 17.4 Å². The van der Waals surface area contributed by atoms with Crippen LogP contribution in [0.3, 0.4) is 0 Å². The summed E-state index contributed by atoms with van der Waals surface area (Å²) < 4.78 is 0. The van der Waals surface area contributed by atoms with Gasteiger partial charge in [0.2, 0.25) is 0 Å². The van der Waals surface area contributed by atoms with Crippen molar-refractivity contribution in [3.8, 4) is 0 Å². The largest absolute Gasteiger partial charge is 0.391 e. The molecule has 2 nitrogen and oxygen atoms in total. The van der Waals surface area contributed by atoms with Crippen molar-refractivity contribution in [2.24, 2.45) is 16.5 Å². The van der Waals surface area contributed by atoms with Gasteiger partial charge in [-0.05, 0) is 19.8 Å². The molecule has 0 saturated heterocycles. The molecule has 2 aliphatic rings. The van der Waals surface area contributed by atoms with Crippen LogP contribution in [-0.4, -0.2) is 11.8 Å². The average molecular weight is 153 g/mol. The van der Waals surface area contributed by atoms with E-state index in [1.165, 1.54) is 18.6 Å². The lowest BCUT2D eigenvalue weighted by Crippen LogP contribution is -2.28. The second-order valence-electron chi connectivity index (χ2n) is 4.39. The third-order valence-corrected chi connectivity index (χ3v) is 3.08. The Kier molecular flexibility index (Phi) is 1.29. The van der Waals surface area contributed by atoms with Crippen molar-refractivity contribution < 1.29 is 4.84 Å². The Morgan fingerprint density at radius 2 is 2.27 bits per heavy atom. The molecule has 2 unspecified atom stereocenters. The second-order valence-corrected chi connectivity index (χ2v) is 4.39.